The van der Waals surface area contributed by atoms with Gasteiger partial charge >= 0.3 is 0 Å². The van der Waals surface area contributed by atoms with Crippen LogP contribution in [0.4, 0.5) is 0 Å². The topological polar surface area (TPSA) is 21.3 Å². The highest BCUT2D eigenvalue weighted by Gasteiger charge is 1.96. The molecule has 16 heavy (non-hydrogen) atoms. The third-order valence-electron chi connectivity index (χ3n) is 2.68. The highest BCUT2D eigenvalue weighted by Crippen LogP contribution is 2.00. The van der Waals surface area contributed by atoms with E-state index in [0.717, 1.165) is 26.2 Å². The lowest BCUT2D eigenvalue weighted by molar-refractivity contribution is 0.118. The van der Waals surface area contributed by atoms with Gasteiger partial charge in [-0.25, -0.2) is 0 Å². The largest absolute Gasteiger partial charge is 0.377 e. The lowest BCUT2D eigenvalue weighted by Crippen LogP contribution is -2.26. The third kappa shape index (κ3) is 5.89. The molecule has 0 aliphatic carbocycles. The zero-order chi connectivity index (χ0) is 11.6. The van der Waals surface area contributed by atoms with Gasteiger partial charge in [-0.15, -0.1) is 0 Å². The van der Waals surface area contributed by atoms with Gasteiger partial charge in [-0.1, -0.05) is 37.3 Å². The minimum absolute atomic E-state index is 0.620. The van der Waals surface area contributed by atoms with E-state index in [-0.39, 0.29) is 0 Å². The van der Waals surface area contributed by atoms with E-state index in [1.807, 2.05) is 18.2 Å². The Morgan fingerprint density at radius 2 is 2.00 bits per heavy atom. The first-order chi connectivity index (χ1) is 7.83. The molecule has 0 spiro atoms. The van der Waals surface area contributed by atoms with Crippen LogP contribution in [0.15, 0.2) is 30.3 Å². The van der Waals surface area contributed by atoms with Crippen molar-refractivity contribution in [3.63, 3.8) is 0 Å². The van der Waals surface area contributed by atoms with Crippen LogP contribution in [0.5, 0.6) is 0 Å². The van der Waals surface area contributed by atoms with Gasteiger partial charge in [0.2, 0.25) is 0 Å². The molecule has 0 bridgehead atoms. The lowest BCUT2D eigenvalue weighted by Gasteiger charge is -2.10. The summed E-state index contributed by atoms with van der Waals surface area (Å²) >= 11 is 0. The standard InChI is InChI=1S/C14H23NO/c1-3-13(2)15-10-7-11-16-12-14-8-5-4-6-9-14/h4-6,8-9,13,15H,3,7,10-12H2,1-2H3. The van der Waals surface area contributed by atoms with E-state index in [2.05, 4.69) is 31.3 Å². The molecule has 1 N–H and O–H groups in total. The molecule has 1 aromatic rings. The average molecular weight is 221 g/mol. The molecule has 0 amide bonds. The summed E-state index contributed by atoms with van der Waals surface area (Å²) in [4.78, 5) is 0. The molecule has 0 radical (unpaired) electrons. The molecular formula is C14H23NO. The summed E-state index contributed by atoms with van der Waals surface area (Å²) in [6, 6.07) is 10.9. The van der Waals surface area contributed by atoms with E-state index >= 15 is 0 Å². The van der Waals surface area contributed by atoms with Crippen LogP contribution in [0.3, 0.4) is 0 Å². The van der Waals surface area contributed by atoms with Gasteiger partial charge in [-0.05, 0) is 31.9 Å². The first kappa shape index (κ1) is 13.2. The Labute approximate surface area is 99.0 Å². The quantitative estimate of drug-likeness (QED) is 0.681. The van der Waals surface area contributed by atoms with E-state index in [1.165, 1.54) is 12.0 Å². The molecule has 90 valence electrons. The molecule has 0 saturated heterocycles. The Bertz CT molecular complexity index is 261. The Morgan fingerprint density at radius 3 is 2.69 bits per heavy atom. The van der Waals surface area contributed by atoms with Crippen molar-refractivity contribution in [2.75, 3.05) is 13.2 Å². The van der Waals surface area contributed by atoms with Gasteiger partial charge in [0.1, 0.15) is 0 Å². The fourth-order valence-corrected chi connectivity index (χ4v) is 1.43. The summed E-state index contributed by atoms with van der Waals surface area (Å²) in [5.41, 5.74) is 1.25. The molecule has 0 saturated carbocycles. The van der Waals surface area contributed by atoms with Gasteiger partial charge in [-0.2, -0.15) is 0 Å². The third-order valence-corrected chi connectivity index (χ3v) is 2.68. The van der Waals surface area contributed by atoms with Crippen molar-refractivity contribution in [3.05, 3.63) is 35.9 Å². The Kier molecular flexibility index (Phi) is 6.86. The minimum atomic E-state index is 0.620. The van der Waals surface area contributed by atoms with E-state index in [0.29, 0.717) is 6.04 Å². The summed E-state index contributed by atoms with van der Waals surface area (Å²) in [7, 11) is 0. The van der Waals surface area contributed by atoms with Gasteiger partial charge in [0.25, 0.3) is 0 Å². The van der Waals surface area contributed by atoms with Gasteiger partial charge in [0, 0.05) is 12.6 Å². The Hall–Kier alpha value is -0.860. The summed E-state index contributed by atoms with van der Waals surface area (Å²) < 4.78 is 5.60. The molecule has 0 fully saturated rings. The van der Waals surface area contributed by atoms with Crippen LogP contribution in [0, 0.1) is 0 Å². The molecule has 2 heteroatoms. The maximum atomic E-state index is 5.60. The van der Waals surface area contributed by atoms with E-state index in [9.17, 15) is 0 Å². The van der Waals surface area contributed by atoms with E-state index < -0.39 is 0 Å². The fourth-order valence-electron chi connectivity index (χ4n) is 1.43. The van der Waals surface area contributed by atoms with Crippen LogP contribution in [-0.4, -0.2) is 19.2 Å². The van der Waals surface area contributed by atoms with Crippen LogP contribution in [-0.2, 0) is 11.3 Å². The van der Waals surface area contributed by atoms with Gasteiger partial charge in [-0.3, -0.25) is 0 Å². The number of rotatable bonds is 8. The molecule has 2 nitrogen and oxygen atoms in total. The molecular weight excluding hydrogens is 198 g/mol. The first-order valence-electron chi connectivity index (χ1n) is 6.18. The van der Waals surface area contributed by atoms with Crippen molar-refractivity contribution in [3.8, 4) is 0 Å². The molecule has 1 rings (SSSR count). The van der Waals surface area contributed by atoms with Crippen LogP contribution in [0.2, 0.25) is 0 Å². The molecule has 0 aromatic heterocycles. The predicted molar refractivity (Wildman–Crippen MR) is 68.5 cm³/mol. The number of ether oxygens (including phenoxy) is 1. The summed E-state index contributed by atoms with van der Waals surface area (Å²) in [6.45, 7) is 7.01. The molecule has 1 aromatic carbocycles. The lowest BCUT2D eigenvalue weighted by atomic mass is 10.2. The number of nitrogens with one attached hydrogen (secondary N) is 1. The van der Waals surface area contributed by atoms with Crippen molar-refractivity contribution in [2.45, 2.75) is 39.3 Å². The summed E-state index contributed by atoms with van der Waals surface area (Å²) in [5, 5.41) is 3.45. The highest BCUT2D eigenvalue weighted by molar-refractivity contribution is 5.13. The Morgan fingerprint density at radius 1 is 1.25 bits per heavy atom. The van der Waals surface area contributed by atoms with Gasteiger partial charge in [0.15, 0.2) is 0 Å². The molecule has 0 aliphatic heterocycles. The molecule has 1 atom stereocenters. The van der Waals surface area contributed by atoms with Crippen LogP contribution in [0.25, 0.3) is 0 Å². The maximum absolute atomic E-state index is 5.60. The first-order valence-corrected chi connectivity index (χ1v) is 6.18. The molecule has 1 unspecified atom stereocenters. The van der Waals surface area contributed by atoms with Crippen LogP contribution in [0.1, 0.15) is 32.3 Å². The van der Waals surface area contributed by atoms with E-state index in [4.69, 9.17) is 4.74 Å². The van der Waals surface area contributed by atoms with E-state index in [1.54, 1.807) is 0 Å². The fraction of sp³-hybridized carbons (Fsp3) is 0.571. The summed E-state index contributed by atoms with van der Waals surface area (Å²) in [5.74, 6) is 0. The molecule has 0 heterocycles. The van der Waals surface area contributed by atoms with Crippen molar-refractivity contribution >= 4 is 0 Å². The van der Waals surface area contributed by atoms with Crippen molar-refractivity contribution in [1.82, 2.24) is 5.32 Å². The minimum Gasteiger partial charge on any atom is -0.377 e. The van der Waals surface area contributed by atoms with Crippen LogP contribution >= 0.6 is 0 Å². The van der Waals surface area contributed by atoms with Crippen LogP contribution < -0.4 is 5.32 Å². The monoisotopic (exact) mass is 221 g/mol. The SMILES string of the molecule is CCC(C)NCCCOCc1ccccc1. The van der Waals surface area contributed by atoms with Gasteiger partial charge in [0.05, 0.1) is 6.61 Å². The second-order valence-corrected chi connectivity index (χ2v) is 4.16. The Balaban J connectivity index is 1.96. The molecule has 0 aliphatic rings. The highest BCUT2D eigenvalue weighted by atomic mass is 16.5. The van der Waals surface area contributed by atoms with Crippen molar-refractivity contribution < 1.29 is 4.74 Å². The second kappa shape index (κ2) is 8.31. The van der Waals surface area contributed by atoms with Crippen molar-refractivity contribution in [2.24, 2.45) is 0 Å². The predicted octanol–water partition coefficient (Wildman–Crippen LogP) is 2.98. The number of benzene rings is 1. The normalized spacial score (nSPS) is 12.6. The zero-order valence-electron chi connectivity index (χ0n) is 10.4. The maximum Gasteiger partial charge on any atom is 0.0716 e. The van der Waals surface area contributed by atoms with Gasteiger partial charge < -0.3 is 10.1 Å². The number of hydrogen-bond donors (Lipinski definition) is 1. The van der Waals surface area contributed by atoms with Crippen molar-refractivity contribution in [1.29, 1.82) is 0 Å². The zero-order valence-corrected chi connectivity index (χ0v) is 10.4. The second-order valence-electron chi connectivity index (χ2n) is 4.16. The average Bonchev–Trinajstić information content (AvgIpc) is 2.34. The number of hydrogen-bond acceptors (Lipinski definition) is 2. The smallest absolute Gasteiger partial charge is 0.0716 e. The summed E-state index contributed by atoms with van der Waals surface area (Å²) in [6.07, 6.45) is 2.27.